The lowest BCUT2D eigenvalue weighted by Crippen LogP contribution is -1.92. The zero-order valence-corrected chi connectivity index (χ0v) is 10.1. The molecule has 2 heterocycles. The molecule has 7 heteroatoms. The molecule has 0 aromatic carbocycles. The third-order valence-corrected chi connectivity index (χ3v) is 3.82. The van der Waals surface area contributed by atoms with Gasteiger partial charge < -0.3 is 5.73 Å². The highest BCUT2D eigenvalue weighted by atomic mass is 32.2. The fourth-order valence-electron chi connectivity index (χ4n) is 1.18. The number of hydrogen-bond donors (Lipinski definition) is 1. The first-order valence-electron chi connectivity index (χ1n) is 4.36. The van der Waals surface area contributed by atoms with Gasteiger partial charge in [-0.25, -0.2) is 0 Å². The Balaban J connectivity index is 2.01. The summed E-state index contributed by atoms with van der Waals surface area (Å²) in [6.45, 7) is 1.98. The van der Waals surface area contributed by atoms with Gasteiger partial charge in [-0.15, -0.1) is 10.2 Å². The van der Waals surface area contributed by atoms with Crippen molar-refractivity contribution < 1.29 is 0 Å². The summed E-state index contributed by atoms with van der Waals surface area (Å²) in [5.41, 5.74) is 6.52. The van der Waals surface area contributed by atoms with Crippen LogP contribution in [0.15, 0.2) is 11.1 Å². The molecule has 2 rings (SSSR count). The Labute approximate surface area is 95.7 Å². The standard InChI is InChI=1S/C8H11N5S2/c1-5-3-7(13(2)12-5)14-4-6-10-11-8(9)15-6/h3H,4H2,1-2H3,(H2,9,11). The Morgan fingerprint density at radius 1 is 1.53 bits per heavy atom. The SMILES string of the molecule is Cc1cc(SCc2nnc(N)s2)n(C)n1. The minimum atomic E-state index is 0.520. The molecule has 0 aliphatic carbocycles. The van der Waals surface area contributed by atoms with Crippen LogP contribution in [0.1, 0.15) is 10.7 Å². The van der Waals surface area contributed by atoms with Crippen molar-refractivity contribution in [2.75, 3.05) is 5.73 Å². The number of thioether (sulfide) groups is 1. The summed E-state index contributed by atoms with van der Waals surface area (Å²) < 4.78 is 1.87. The molecule has 0 amide bonds. The monoisotopic (exact) mass is 241 g/mol. The van der Waals surface area contributed by atoms with Crippen LogP contribution in [0, 0.1) is 6.92 Å². The van der Waals surface area contributed by atoms with Crippen LogP contribution in [0.4, 0.5) is 5.13 Å². The number of aromatic nitrogens is 4. The fraction of sp³-hybridized carbons (Fsp3) is 0.375. The highest BCUT2D eigenvalue weighted by Crippen LogP contribution is 2.24. The van der Waals surface area contributed by atoms with E-state index in [1.807, 2.05) is 18.7 Å². The molecule has 0 radical (unpaired) electrons. The third-order valence-electron chi connectivity index (χ3n) is 1.79. The maximum atomic E-state index is 5.50. The van der Waals surface area contributed by atoms with Gasteiger partial charge >= 0.3 is 0 Å². The Bertz CT molecular complexity index is 461. The topological polar surface area (TPSA) is 69.6 Å². The van der Waals surface area contributed by atoms with Crippen molar-refractivity contribution in [1.29, 1.82) is 0 Å². The van der Waals surface area contributed by atoms with Crippen LogP contribution in [0.2, 0.25) is 0 Å². The molecular formula is C8H11N5S2. The Hall–Kier alpha value is -1.08. The largest absolute Gasteiger partial charge is 0.374 e. The van der Waals surface area contributed by atoms with E-state index in [9.17, 15) is 0 Å². The minimum Gasteiger partial charge on any atom is -0.374 e. The minimum absolute atomic E-state index is 0.520. The van der Waals surface area contributed by atoms with Crippen LogP contribution in [0.3, 0.4) is 0 Å². The molecule has 0 aliphatic heterocycles. The van der Waals surface area contributed by atoms with Crippen LogP contribution < -0.4 is 5.73 Å². The van der Waals surface area contributed by atoms with E-state index in [1.54, 1.807) is 11.8 Å². The number of nitrogens with zero attached hydrogens (tertiary/aromatic N) is 4. The van der Waals surface area contributed by atoms with Crippen molar-refractivity contribution in [1.82, 2.24) is 20.0 Å². The Kier molecular flexibility index (Phi) is 2.92. The maximum absolute atomic E-state index is 5.50. The Morgan fingerprint density at radius 2 is 2.33 bits per heavy atom. The molecule has 0 bridgehead atoms. The molecule has 0 atom stereocenters. The second kappa shape index (κ2) is 4.19. The van der Waals surface area contributed by atoms with Crippen molar-refractivity contribution in [2.45, 2.75) is 17.7 Å². The number of rotatable bonds is 3. The first kappa shape index (κ1) is 10.4. The maximum Gasteiger partial charge on any atom is 0.203 e. The summed E-state index contributed by atoms with van der Waals surface area (Å²) in [5.74, 6) is 0.786. The first-order valence-corrected chi connectivity index (χ1v) is 6.16. The van der Waals surface area contributed by atoms with E-state index in [-0.39, 0.29) is 0 Å². The van der Waals surface area contributed by atoms with Crippen molar-refractivity contribution in [3.8, 4) is 0 Å². The summed E-state index contributed by atoms with van der Waals surface area (Å²) in [6.07, 6.45) is 0. The van der Waals surface area contributed by atoms with Gasteiger partial charge in [0, 0.05) is 7.05 Å². The normalized spacial score (nSPS) is 10.8. The molecule has 0 fully saturated rings. The second-order valence-electron chi connectivity index (χ2n) is 3.07. The third kappa shape index (κ3) is 2.48. The molecule has 0 saturated carbocycles. The number of aryl methyl sites for hydroxylation is 2. The van der Waals surface area contributed by atoms with E-state index < -0.39 is 0 Å². The van der Waals surface area contributed by atoms with Crippen LogP contribution in [-0.4, -0.2) is 20.0 Å². The molecule has 0 spiro atoms. The lowest BCUT2D eigenvalue weighted by atomic mass is 10.5. The van der Waals surface area contributed by atoms with Crippen LogP contribution in [0.5, 0.6) is 0 Å². The van der Waals surface area contributed by atoms with Crippen LogP contribution in [0.25, 0.3) is 0 Å². The molecule has 80 valence electrons. The van der Waals surface area contributed by atoms with E-state index in [4.69, 9.17) is 5.73 Å². The molecule has 0 aliphatic rings. The fourth-order valence-corrected chi connectivity index (χ4v) is 2.81. The number of nitrogens with two attached hydrogens (primary N) is 1. The molecule has 2 aromatic rings. The summed E-state index contributed by atoms with van der Waals surface area (Å²) in [6, 6.07) is 2.05. The van der Waals surface area contributed by atoms with Gasteiger partial charge in [0.05, 0.1) is 16.5 Å². The smallest absolute Gasteiger partial charge is 0.203 e. The van der Waals surface area contributed by atoms with E-state index in [0.29, 0.717) is 5.13 Å². The number of nitrogen functional groups attached to an aromatic ring is 1. The zero-order valence-electron chi connectivity index (χ0n) is 8.47. The van der Waals surface area contributed by atoms with Gasteiger partial charge in [-0.1, -0.05) is 23.1 Å². The van der Waals surface area contributed by atoms with Crippen molar-refractivity contribution in [2.24, 2.45) is 7.05 Å². The predicted octanol–water partition coefficient (Wildman–Crippen LogP) is 1.45. The average molecular weight is 241 g/mol. The summed E-state index contributed by atoms with van der Waals surface area (Å²) in [4.78, 5) is 0. The van der Waals surface area contributed by atoms with Gasteiger partial charge in [0.25, 0.3) is 0 Å². The molecule has 5 nitrogen and oxygen atoms in total. The van der Waals surface area contributed by atoms with Crippen LogP contribution >= 0.6 is 23.1 Å². The number of hydrogen-bond acceptors (Lipinski definition) is 6. The first-order chi connectivity index (χ1) is 7.15. The van der Waals surface area contributed by atoms with Gasteiger partial charge in [0.1, 0.15) is 5.01 Å². The van der Waals surface area contributed by atoms with E-state index in [1.165, 1.54) is 11.3 Å². The highest BCUT2D eigenvalue weighted by molar-refractivity contribution is 7.98. The molecular weight excluding hydrogens is 230 g/mol. The quantitative estimate of drug-likeness (QED) is 0.824. The molecule has 0 saturated heterocycles. The predicted molar refractivity (Wildman–Crippen MR) is 61.8 cm³/mol. The number of anilines is 1. The molecule has 15 heavy (non-hydrogen) atoms. The van der Waals surface area contributed by atoms with Gasteiger partial charge in [-0.3, -0.25) is 4.68 Å². The average Bonchev–Trinajstić information content (AvgIpc) is 2.70. The Morgan fingerprint density at radius 3 is 2.87 bits per heavy atom. The second-order valence-corrected chi connectivity index (χ2v) is 5.16. The zero-order chi connectivity index (χ0) is 10.8. The van der Waals surface area contributed by atoms with E-state index in [2.05, 4.69) is 21.4 Å². The molecule has 2 aromatic heterocycles. The van der Waals surface area contributed by atoms with Crippen molar-refractivity contribution in [3.05, 3.63) is 16.8 Å². The van der Waals surface area contributed by atoms with Gasteiger partial charge in [-0.2, -0.15) is 5.10 Å². The lowest BCUT2D eigenvalue weighted by Gasteiger charge is -1.97. The van der Waals surface area contributed by atoms with E-state index >= 15 is 0 Å². The molecule has 0 unspecified atom stereocenters. The summed E-state index contributed by atoms with van der Waals surface area (Å²) in [7, 11) is 1.93. The van der Waals surface area contributed by atoms with Crippen molar-refractivity contribution >= 4 is 28.2 Å². The highest BCUT2D eigenvalue weighted by Gasteiger charge is 2.05. The molecule has 2 N–H and O–H groups in total. The van der Waals surface area contributed by atoms with E-state index in [0.717, 1.165) is 21.5 Å². The summed E-state index contributed by atoms with van der Waals surface area (Å²) >= 11 is 3.11. The van der Waals surface area contributed by atoms with Gasteiger partial charge in [-0.05, 0) is 13.0 Å². The summed E-state index contributed by atoms with van der Waals surface area (Å²) in [5, 5.41) is 14.6. The van der Waals surface area contributed by atoms with Crippen molar-refractivity contribution in [3.63, 3.8) is 0 Å². The van der Waals surface area contributed by atoms with Gasteiger partial charge in [0.15, 0.2) is 0 Å². The lowest BCUT2D eigenvalue weighted by molar-refractivity contribution is 0.692. The van der Waals surface area contributed by atoms with Crippen LogP contribution in [-0.2, 0) is 12.8 Å². The van der Waals surface area contributed by atoms with Gasteiger partial charge in [0.2, 0.25) is 5.13 Å².